The van der Waals surface area contributed by atoms with Crippen molar-refractivity contribution in [2.24, 2.45) is 0 Å². The van der Waals surface area contributed by atoms with Crippen molar-refractivity contribution in [3.8, 4) is 6.07 Å². The standard InChI is InChI=1S/C13H15F3N2O/c1-3-18(6-7-19-2)11-5-4-10(9-17)12(8-11)13(14,15)16/h4-5,8H,3,6-7H2,1-2H3. The monoisotopic (exact) mass is 272 g/mol. The first-order valence-electron chi connectivity index (χ1n) is 5.79. The second-order valence-corrected chi connectivity index (χ2v) is 3.91. The molecule has 0 spiro atoms. The van der Waals surface area contributed by atoms with Gasteiger partial charge >= 0.3 is 6.18 Å². The number of halogens is 3. The van der Waals surface area contributed by atoms with E-state index < -0.39 is 11.7 Å². The fourth-order valence-corrected chi connectivity index (χ4v) is 1.73. The maximum absolute atomic E-state index is 12.8. The molecular formula is C13H15F3N2O. The van der Waals surface area contributed by atoms with Crippen molar-refractivity contribution in [2.75, 3.05) is 31.7 Å². The zero-order valence-electron chi connectivity index (χ0n) is 10.8. The minimum Gasteiger partial charge on any atom is -0.383 e. The molecule has 0 amide bonds. The molecule has 0 bridgehead atoms. The first-order chi connectivity index (χ1) is 8.93. The fourth-order valence-electron chi connectivity index (χ4n) is 1.73. The Morgan fingerprint density at radius 2 is 2.05 bits per heavy atom. The molecule has 0 fully saturated rings. The van der Waals surface area contributed by atoms with Crippen molar-refractivity contribution >= 4 is 5.69 Å². The van der Waals surface area contributed by atoms with E-state index in [0.717, 1.165) is 6.07 Å². The molecule has 0 aromatic heterocycles. The van der Waals surface area contributed by atoms with E-state index >= 15 is 0 Å². The summed E-state index contributed by atoms with van der Waals surface area (Å²) in [5, 5.41) is 8.73. The molecule has 0 N–H and O–H groups in total. The Balaban J connectivity index is 3.14. The summed E-state index contributed by atoms with van der Waals surface area (Å²) in [6.07, 6.45) is -4.53. The lowest BCUT2D eigenvalue weighted by atomic mass is 10.1. The largest absolute Gasteiger partial charge is 0.417 e. The second-order valence-electron chi connectivity index (χ2n) is 3.91. The average molecular weight is 272 g/mol. The summed E-state index contributed by atoms with van der Waals surface area (Å²) in [7, 11) is 1.54. The van der Waals surface area contributed by atoms with E-state index in [2.05, 4.69) is 0 Å². The highest BCUT2D eigenvalue weighted by Crippen LogP contribution is 2.34. The number of hydrogen-bond donors (Lipinski definition) is 0. The number of rotatable bonds is 5. The van der Waals surface area contributed by atoms with Crippen LogP contribution in [0.1, 0.15) is 18.1 Å². The zero-order chi connectivity index (χ0) is 14.5. The third-order valence-electron chi connectivity index (χ3n) is 2.74. The summed E-state index contributed by atoms with van der Waals surface area (Å²) in [5.74, 6) is 0. The molecule has 0 aliphatic rings. The molecular weight excluding hydrogens is 257 g/mol. The van der Waals surface area contributed by atoms with Gasteiger partial charge < -0.3 is 9.64 Å². The Morgan fingerprint density at radius 3 is 2.53 bits per heavy atom. The molecule has 3 nitrogen and oxygen atoms in total. The Labute approximate surface area is 110 Å². The van der Waals surface area contributed by atoms with Gasteiger partial charge in [-0.25, -0.2) is 0 Å². The maximum Gasteiger partial charge on any atom is 0.417 e. The van der Waals surface area contributed by atoms with Crippen LogP contribution in [0.3, 0.4) is 0 Å². The van der Waals surface area contributed by atoms with Gasteiger partial charge in [0.15, 0.2) is 0 Å². The van der Waals surface area contributed by atoms with Crippen molar-refractivity contribution in [3.63, 3.8) is 0 Å². The lowest BCUT2D eigenvalue weighted by Gasteiger charge is -2.24. The highest BCUT2D eigenvalue weighted by atomic mass is 19.4. The molecule has 0 radical (unpaired) electrons. The summed E-state index contributed by atoms with van der Waals surface area (Å²) < 4.78 is 43.4. The highest BCUT2D eigenvalue weighted by molar-refractivity contribution is 5.54. The van der Waals surface area contributed by atoms with Gasteiger partial charge in [-0.1, -0.05) is 0 Å². The Bertz CT molecular complexity index is 466. The maximum atomic E-state index is 12.8. The SMILES string of the molecule is CCN(CCOC)c1ccc(C#N)c(C(F)(F)F)c1. The molecule has 1 aromatic rings. The van der Waals surface area contributed by atoms with Gasteiger partial charge in [-0.3, -0.25) is 0 Å². The molecule has 0 heterocycles. The van der Waals surface area contributed by atoms with Gasteiger partial charge in [-0.2, -0.15) is 18.4 Å². The molecule has 0 aliphatic carbocycles. The minimum atomic E-state index is -4.53. The van der Waals surface area contributed by atoms with Crippen LogP contribution in [0, 0.1) is 11.3 Å². The van der Waals surface area contributed by atoms with Gasteiger partial charge in [-0.05, 0) is 25.1 Å². The number of methoxy groups -OCH3 is 1. The van der Waals surface area contributed by atoms with Crippen molar-refractivity contribution in [2.45, 2.75) is 13.1 Å². The Hall–Kier alpha value is -1.74. The van der Waals surface area contributed by atoms with Crippen LogP contribution in [0.25, 0.3) is 0 Å². The topological polar surface area (TPSA) is 36.3 Å². The second kappa shape index (κ2) is 6.43. The number of likely N-dealkylation sites (N-methyl/N-ethyl adjacent to an activating group) is 1. The van der Waals surface area contributed by atoms with Crippen molar-refractivity contribution in [3.05, 3.63) is 29.3 Å². The molecule has 0 saturated heterocycles. The van der Waals surface area contributed by atoms with E-state index in [0.29, 0.717) is 25.4 Å². The zero-order valence-corrected chi connectivity index (χ0v) is 10.8. The van der Waals surface area contributed by atoms with Crippen molar-refractivity contribution < 1.29 is 17.9 Å². The summed E-state index contributed by atoms with van der Waals surface area (Å²) in [6.45, 7) is 3.33. The predicted molar refractivity (Wildman–Crippen MR) is 65.9 cm³/mol. The predicted octanol–water partition coefficient (Wildman–Crippen LogP) is 3.05. The van der Waals surface area contributed by atoms with Gasteiger partial charge in [0.2, 0.25) is 0 Å². The van der Waals surface area contributed by atoms with Crippen LogP contribution in [-0.2, 0) is 10.9 Å². The lowest BCUT2D eigenvalue weighted by Crippen LogP contribution is -2.27. The molecule has 1 aromatic carbocycles. The average Bonchev–Trinajstić information content (AvgIpc) is 2.38. The van der Waals surface area contributed by atoms with Gasteiger partial charge in [0.25, 0.3) is 0 Å². The molecule has 104 valence electrons. The molecule has 6 heteroatoms. The smallest absolute Gasteiger partial charge is 0.383 e. The van der Waals surface area contributed by atoms with E-state index in [4.69, 9.17) is 10.00 Å². The number of hydrogen-bond acceptors (Lipinski definition) is 3. The number of nitriles is 1. The fraction of sp³-hybridized carbons (Fsp3) is 0.462. The minimum absolute atomic E-state index is 0.362. The number of benzene rings is 1. The van der Waals surface area contributed by atoms with Crippen LogP contribution in [-0.4, -0.2) is 26.8 Å². The molecule has 0 unspecified atom stereocenters. The third kappa shape index (κ3) is 3.86. The van der Waals surface area contributed by atoms with Crippen LogP contribution >= 0.6 is 0 Å². The van der Waals surface area contributed by atoms with Crippen LogP contribution in [0.2, 0.25) is 0 Å². The number of nitrogens with zero attached hydrogens (tertiary/aromatic N) is 2. The van der Waals surface area contributed by atoms with Crippen LogP contribution < -0.4 is 4.90 Å². The summed E-state index contributed by atoms with van der Waals surface area (Å²) in [4.78, 5) is 1.76. The summed E-state index contributed by atoms with van der Waals surface area (Å²) >= 11 is 0. The van der Waals surface area contributed by atoms with Crippen LogP contribution in [0.15, 0.2) is 18.2 Å². The van der Waals surface area contributed by atoms with E-state index in [-0.39, 0.29) is 5.56 Å². The van der Waals surface area contributed by atoms with E-state index in [9.17, 15) is 13.2 Å². The van der Waals surface area contributed by atoms with Crippen LogP contribution in [0.4, 0.5) is 18.9 Å². The number of anilines is 1. The molecule has 1 rings (SSSR count). The van der Waals surface area contributed by atoms with E-state index in [1.807, 2.05) is 6.92 Å². The quantitative estimate of drug-likeness (QED) is 0.826. The van der Waals surface area contributed by atoms with Gasteiger partial charge in [-0.15, -0.1) is 0 Å². The van der Waals surface area contributed by atoms with E-state index in [1.165, 1.54) is 19.2 Å². The summed E-state index contributed by atoms with van der Waals surface area (Å²) in [5.41, 5.74) is -0.826. The van der Waals surface area contributed by atoms with Gasteiger partial charge in [0.05, 0.1) is 23.8 Å². The normalized spacial score (nSPS) is 11.2. The lowest BCUT2D eigenvalue weighted by molar-refractivity contribution is -0.137. The third-order valence-corrected chi connectivity index (χ3v) is 2.74. The van der Waals surface area contributed by atoms with Crippen molar-refractivity contribution in [1.82, 2.24) is 0 Å². The van der Waals surface area contributed by atoms with Gasteiger partial charge in [0, 0.05) is 25.9 Å². The molecule has 0 saturated carbocycles. The first kappa shape index (κ1) is 15.3. The highest BCUT2D eigenvalue weighted by Gasteiger charge is 2.34. The molecule has 0 atom stereocenters. The summed E-state index contributed by atoms with van der Waals surface area (Å²) in [6, 6.07) is 5.30. The Kier molecular flexibility index (Phi) is 5.19. The molecule has 0 aliphatic heterocycles. The van der Waals surface area contributed by atoms with Crippen LogP contribution in [0.5, 0.6) is 0 Å². The number of ether oxygens (including phenoxy) is 1. The molecule has 19 heavy (non-hydrogen) atoms. The van der Waals surface area contributed by atoms with E-state index in [1.54, 1.807) is 11.0 Å². The van der Waals surface area contributed by atoms with Crippen molar-refractivity contribution in [1.29, 1.82) is 5.26 Å². The first-order valence-corrected chi connectivity index (χ1v) is 5.79. The Morgan fingerprint density at radius 1 is 1.37 bits per heavy atom. The number of alkyl halides is 3. The van der Waals surface area contributed by atoms with Gasteiger partial charge in [0.1, 0.15) is 0 Å².